The molecule has 2 unspecified atom stereocenters. The number of hydrogen-bond acceptors (Lipinski definition) is 3. The standard InChI is InChI=1S/C13H23NO3S/c1-4-10(9(2)3)7-11(15)14-13(12(16)17)5-6-18-8-13/h9-10H,4-8H2,1-3H3,(H,14,15)(H,16,17). The third-order valence-electron chi connectivity index (χ3n) is 3.72. The fourth-order valence-electron chi connectivity index (χ4n) is 2.29. The monoisotopic (exact) mass is 273 g/mol. The smallest absolute Gasteiger partial charge is 0.330 e. The maximum absolute atomic E-state index is 12.0. The summed E-state index contributed by atoms with van der Waals surface area (Å²) in [5.74, 6) is 1.02. The van der Waals surface area contributed by atoms with Crippen LogP contribution in [0.25, 0.3) is 0 Å². The van der Waals surface area contributed by atoms with Crippen LogP contribution in [-0.2, 0) is 9.59 Å². The van der Waals surface area contributed by atoms with Crippen LogP contribution in [-0.4, -0.2) is 34.0 Å². The van der Waals surface area contributed by atoms with E-state index in [0.717, 1.165) is 12.2 Å². The zero-order valence-corrected chi connectivity index (χ0v) is 12.2. The van der Waals surface area contributed by atoms with Crippen LogP contribution in [0.4, 0.5) is 0 Å². The minimum absolute atomic E-state index is 0.125. The molecule has 1 saturated heterocycles. The fourth-order valence-corrected chi connectivity index (χ4v) is 3.62. The van der Waals surface area contributed by atoms with Gasteiger partial charge in [0.1, 0.15) is 5.54 Å². The molecule has 2 atom stereocenters. The quantitative estimate of drug-likeness (QED) is 0.778. The molecular weight excluding hydrogens is 250 g/mol. The van der Waals surface area contributed by atoms with Crippen LogP contribution in [0.5, 0.6) is 0 Å². The Kier molecular flexibility index (Phi) is 5.50. The Morgan fingerprint density at radius 2 is 2.11 bits per heavy atom. The molecule has 1 rings (SSSR count). The summed E-state index contributed by atoms with van der Waals surface area (Å²) in [6.45, 7) is 6.26. The van der Waals surface area contributed by atoms with E-state index < -0.39 is 11.5 Å². The lowest BCUT2D eigenvalue weighted by Crippen LogP contribution is -2.55. The number of amides is 1. The molecule has 2 N–H and O–H groups in total. The molecule has 0 aliphatic carbocycles. The summed E-state index contributed by atoms with van der Waals surface area (Å²) in [6.07, 6.45) is 1.89. The summed E-state index contributed by atoms with van der Waals surface area (Å²) >= 11 is 1.59. The number of carbonyl (C=O) groups is 2. The number of carboxylic acid groups (broad SMARTS) is 1. The van der Waals surface area contributed by atoms with E-state index in [-0.39, 0.29) is 5.91 Å². The summed E-state index contributed by atoms with van der Waals surface area (Å²) in [7, 11) is 0. The van der Waals surface area contributed by atoms with Crippen LogP contribution < -0.4 is 5.32 Å². The highest BCUT2D eigenvalue weighted by molar-refractivity contribution is 7.99. The molecule has 0 spiro atoms. The van der Waals surface area contributed by atoms with Crippen molar-refractivity contribution in [2.75, 3.05) is 11.5 Å². The first-order chi connectivity index (χ1) is 8.41. The van der Waals surface area contributed by atoms with Gasteiger partial charge in [-0.05, 0) is 24.0 Å². The lowest BCUT2D eigenvalue weighted by molar-refractivity contribution is -0.146. The summed E-state index contributed by atoms with van der Waals surface area (Å²) in [6, 6.07) is 0. The predicted octanol–water partition coefficient (Wildman–Crippen LogP) is 2.14. The van der Waals surface area contributed by atoms with E-state index in [2.05, 4.69) is 26.1 Å². The van der Waals surface area contributed by atoms with Crippen molar-refractivity contribution in [3.05, 3.63) is 0 Å². The molecule has 0 radical (unpaired) electrons. The van der Waals surface area contributed by atoms with Crippen molar-refractivity contribution >= 4 is 23.6 Å². The minimum atomic E-state index is -1.03. The highest BCUT2D eigenvalue weighted by Crippen LogP contribution is 2.29. The Morgan fingerprint density at radius 3 is 2.50 bits per heavy atom. The Morgan fingerprint density at radius 1 is 1.44 bits per heavy atom. The fraction of sp³-hybridized carbons (Fsp3) is 0.846. The summed E-state index contributed by atoms with van der Waals surface area (Å²) in [4.78, 5) is 23.3. The summed E-state index contributed by atoms with van der Waals surface area (Å²) < 4.78 is 0. The van der Waals surface area contributed by atoms with Crippen LogP contribution in [0, 0.1) is 11.8 Å². The molecule has 1 fully saturated rings. The maximum Gasteiger partial charge on any atom is 0.330 e. The second-order valence-corrected chi connectivity index (χ2v) is 6.46. The summed E-state index contributed by atoms with van der Waals surface area (Å²) in [5, 5.41) is 12.0. The highest BCUT2D eigenvalue weighted by atomic mass is 32.2. The van der Waals surface area contributed by atoms with Gasteiger partial charge in [0.25, 0.3) is 0 Å². The van der Waals surface area contributed by atoms with E-state index in [1.165, 1.54) is 0 Å². The number of carbonyl (C=O) groups excluding carboxylic acids is 1. The van der Waals surface area contributed by atoms with E-state index in [0.29, 0.717) is 30.4 Å². The predicted molar refractivity (Wildman–Crippen MR) is 73.7 cm³/mol. The van der Waals surface area contributed by atoms with Crippen molar-refractivity contribution in [1.82, 2.24) is 5.32 Å². The first-order valence-corrected chi connectivity index (χ1v) is 7.69. The minimum Gasteiger partial charge on any atom is -0.479 e. The molecule has 4 nitrogen and oxygen atoms in total. The molecule has 0 saturated carbocycles. The lowest BCUT2D eigenvalue weighted by Gasteiger charge is -2.26. The second kappa shape index (κ2) is 6.45. The Hall–Kier alpha value is -0.710. The lowest BCUT2D eigenvalue weighted by atomic mass is 9.89. The third-order valence-corrected chi connectivity index (χ3v) is 4.91. The third kappa shape index (κ3) is 3.64. The second-order valence-electron chi connectivity index (χ2n) is 5.35. The van der Waals surface area contributed by atoms with Crippen molar-refractivity contribution < 1.29 is 14.7 Å². The van der Waals surface area contributed by atoms with Gasteiger partial charge in [-0.1, -0.05) is 27.2 Å². The molecule has 1 aliphatic rings. The van der Waals surface area contributed by atoms with E-state index in [4.69, 9.17) is 0 Å². The van der Waals surface area contributed by atoms with Gasteiger partial charge in [-0.15, -0.1) is 0 Å². The van der Waals surface area contributed by atoms with Gasteiger partial charge in [0.15, 0.2) is 0 Å². The number of thioether (sulfide) groups is 1. The molecule has 0 bridgehead atoms. The molecule has 0 aromatic rings. The number of carboxylic acids is 1. The molecular formula is C13H23NO3S. The molecule has 1 aliphatic heterocycles. The van der Waals surface area contributed by atoms with E-state index >= 15 is 0 Å². The molecule has 0 aromatic carbocycles. The van der Waals surface area contributed by atoms with E-state index in [1.807, 2.05) is 0 Å². The first kappa shape index (κ1) is 15.3. The highest BCUT2D eigenvalue weighted by Gasteiger charge is 2.43. The number of hydrogen-bond donors (Lipinski definition) is 2. The van der Waals surface area contributed by atoms with Crippen molar-refractivity contribution in [2.24, 2.45) is 11.8 Å². The molecule has 1 heterocycles. The Balaban J connectivity index is 2.60. The molecule has 5 heteroatoms. The average Bonchev–Trinajstić information content (AvgIpc) is 2.75. The normalized spacial score (nSPS) is 25.1. The Labute approximate surface area is 113 Å². The molecule has 0 aromatic heterocycles. The van der Waals surface area contributed by atoms with E-state index in [9.17, 15) is 14.7 Å². The molecule has 18 heavy (non-hydrogen) atoms. The van der Waals surface area contributed by atoms with Gasteiger partial charge in [-0.25, -0.2) is 4.79 Å². The van der Waals surface area contributed by atoms with Crippen molar-refractivity contribution in [3.8, 4) is 0 Å². The number of aliphatic carboxylic acids is 1. The van der Waals surface area contributed by atoms with Gasteiger partial charge in [-0.2, -0.15) is 11.8 Å². The van der Waals surface area contributed by atoms with Gasteiger partial charge in [0.05, 0.1) is 0 Å². The maximum atomic E-state index is 12.0. The SMILES string of the molecule is CCC(CC(=O)NC1(C(=O)O)CCSC1)C(C)C. The van der Waals surface area contributed by atoms with Crippen LogP contribution in [0.15, 0.2) is 0 Å². The van der Waals surface area contributed by atoms with E-state index in [1.54, 1.807) is 11.8 Å². The zero-order chi connectivity index (χ0) is 13.8. The topological polar surface area (TPSA) is 66.4 Å². The first-order valence-electron chi connectivity index (χ1n) is 6.53. The average molecular weight is 273 g/mol. The molecule has 104 valence electrons. The van der Waals surface area contributed by atoms with Crippen molar-refractivity contribution in [2.45, 2.75) is 45.6 Å². The van der Waals surface area contributed by atoms with Crippen molar-refractivity contribution in [1.29, 1.82) is 0 Å². The van der Waals surface area contributed by atoms with Crippen LogP contribution in [0.2, 0.25) is 0 Å². The Bertz CT molecular complexity index is 311. The van der Waals surface area contributed by atoms with Gasteiger partial charge in [0.2, 0.25) is 5.91 Å². The largest absolute Gasteiger partial charge is 0.479 e. The van der Waals surface area contributed by atoms with Crippen LogP contribution in [0.3, 0.4) is 0 Å². The number of rotatable bonds is 6. The van der Waals surface area contributed by atoms with Crippen molar-refractivity contribution in [3.63, 3.8) is 0 Å². The summed E-state index contributed by atoms with van der Waals surface area (Å²) in [5.41, 5.74) is -1.03. The van der Waals surface area contributed by atoms with Gasteiger partial charge >= 0.3 is 5.97 Å². The van der Waals surface area contributed by atoms with Crippen LogP contribution >= 0.6 is 11.8 Å². The number of nitrogens with one attached hydrogen (secondary N) is 1. The van der Waals surface area contributed by atoms with Gasteiger partial charge in [0, 0.05) is 12.2 Å². The van der Waals surface area contributed by atoms with Crippen LogP contribution in [0.1, 0.15) is 40.0 Å². The van der Waals surface area contributed by atoms with Gasteiger partial charge < -0.3 is 10.4 Å². The molecule has 1 amide bonds. The zero-order valence-electron chi connectivity index (χ0n) is 11.4. The van der Waals surface area contributed by atoms with Gasteiger partial charge in [-0.3, -0.25) is 4.79 Å².